The molecule has 0 aliphatic heterocycles. The van der Waals surface area contributed by atoms with Crippen LogP contribution < -0.4 is 24.8 Å². The highest BCUT2D eigenvalue weighted by Gasteiger charge is 2.14. The maximum atomic E-state index is 6.16. The molecule has 2 aromatic carbocycles. The fourth-order valence-electron chi connectivity index (χ4n) is 2.40. The summed E-state index contributed by atoms with van der Waals surface area (Å²) < 4.78 is 16.0. The van der Waals surface area contributed by atoms with E-state index in [1.54, 1.807) is 39.5 Å². The van der Waals surface area contributed by atoms with Crippen LogP contribution in [-0.2, 0) is 0 Å². The zero-order chi connectivity index (χ0) is 19.2. The van der Waals surface area contributed by atoms with Crippen LogP contribution in [0.25, 0.3) is 0 Å². The smallest absolute Gasteiger partial charge is 0.249 e. The summed E-state index contributed by atoms with van der Waals surface area (Å²) in [5.41, 5.74) is 1.37. The summed E-state index contributed by atoms with van der Waals surface area (Å²) in [7, 11) is 4.64. The molecule has 0 aliphatic carbocycles. The molecule has 140 valence electrons. The molecule has 9 heteroatoms. The second-order valence-corrected chi connectivity index (χ2v) is 5.72. The van der Waals surface area contributed by atoms with Crippen molar-refractivity contribution in [2.24, 2.45) is 0 Å². The minimum absolute atomic E-state index is 0.293. The molecule has 0 atom stereocenters. The molecule has 0 unspecified atom stereocenters. The van der Waals surface area contributed by atoms with E-state index in [1.165, 1.54) is 6.20 Å². The number of anilines is 4. The van der Waals surface area contributed by atoms with Gasteiger partial charge in [-0.15, -0.1) is 5.10 Å². The number of rotatable bonds is 7. The molecule has 0 radical (unpaired) electrons. The van der Waals surface area contributed by atoms with Crippen molar-refractivity contribution in [1.82, 2.24) is 15.2 Å². The third-order valence-corrected chi connectivity index (χ3v) is 3.95. The minimum Gasteiger partial charge on any atom is -0.493 e. The fraction of sp³-hybridized carbons (Fsp3) is 0.167. The van der Waals surface area contributed by atoms with Gasteiger partial charge in [-0.1, -0.05) is 23.7 Å². The minimum atomic E-state index is 0.293. The van der Waals surface area contributed by atoms with E-state index in [-0.39, 0.29) is 0 Å². The van der Waals surface area contributed by atoms with Crippen LogP contribution in [0.4, 0.5) is 23.1 Å². The lowest BCUT2D eigenvalue weighted by molar-refractivity contribution is 0.324. The highest BCUT2D eigenvalue weighted by molar-refractivity contribution is 6.33. The van der Waals surface area contributed by atoms with Gasteiger partial charge in [0.25, 0.3) is 0 Å². The lowest BCUT2D eigenvalue weighted by atomic mass is 10.2. The van der Waals surface area contributed by atoms with Gasteiger partial charge in [-0.3, -0.25) is 0 Å². The Hall–Kier alpha value is -3.26. The number of nitrogens with zero attached hydrogens (tertiary/aromatic N) is 3. The highest BCUT2D eigenvalue weighted by Crippen LogP contribution is 2.40. The number of para-hydroxylation sites is 1. The summed E-state index contributed by atoms with van der Waals surface area (Å²) in [6.07, 6.45) is 1.50. The molecule has 0 spiro atoms. The van der Waals surface area contributed by atoms with Crippen molar-refractivity contribution in [3.05, 3.63) is 47.6 Å². The molecule has 0 aliphatic rings. The molecule has 0 saturated heterocycles. The van der Waals surface area contributed by atoms with E-state index >= 15 is 0 Å². The van der Waals surface area contributed by atoms with Gasteiger partial charge in [0, 0.05) is 17.8 Å². The molecule has 27 heavy (non-hydrogen) atoms. The largest absolute Gasteiger partial charge is 0.493 e. The lowest BCUT2D eigenvalue weighted by Crippen LogP contribution is -2.03. The van der Waals surface area contributed by atoms with Crippen LogP contribution in [0, 0.1) is 0 Å². The predicted octanol–water partition coefficient (Wildman–Crippen LogP) is 4.04. The lowest BCUT2D eigenvalue weighted by Gasteiger charge is -2.14. The zero-order valence-corrected chi connectivity index (χ0v) is 15.7. The van der Waals surface area contributed by atoms with Gasteiger partial charge in [0.05, 0.1) is 38.2 Å². The Morgan fingerprint density at radius 1 is 0.926 bits per heavy atom. The van der Waals surface area contributed by atoms with Gasteiger partial charge in [0.1, 0.15) is 0 Å². The van der Waals surface area contributed by atoms with Gasteiger partial charge >= 0.3 is 0 Å². The van der Waals surface area contributed by atoms with Gasteiger partial charge < -0.3 is 24.8 Å². The van der Waals surface area contributed by atoms with Crippen LogP contribution in [0.15, 0.2) is 42.6 Å². The Labute approximate surface area is 161 Å². The fourth-order valence-corrected chi connectivity index (χ4v) is 2.58. The van der Waals surface area contributed by atoms with Gasteiger partial charge in [0.2, 0.25) is 11.7 Å². The van der Waals surface area contributed by atoms with Crippen LogP contribution in [0.1, 0.15) is 0 Å². The van der Waals surface area contributed by atoms with Crippen molar-refractivity contribution in [3.63, 3.8) is 0 Å². The number of halogens is 1. The summed E-state index contributed by atoms with van der Waals surface area (Å²) in [4.78, 5) is 4.39. The van der Waals surface area contributed by atoms with E-state index in [1.807, 2.05) is 18.2 Å². The van der Waals surface area contributed by atoms with Crippen LogP contribution in [-0.4, -0.2) is 36.5 Å². The number of ether oxygens (including phenoxy) is 3. The number of methoxy groups -OCH3 is 3. The first-order valence-corrected chi connectivity index (χ1v) is 8.30. The summed E-state index contributed by atoms with van der Waals surface area (Å²) >= 11 is 6.16. The first-order chi connectivity index (χ1) is 13.1. The molecule has 1 heterocycles. The summed E-state index contributed by atoms with van der Waals surface area (Å²) in [6.45, 7) is 0. The van der Waals surface area contributed by atoms with Gasteiger partial charge in [0.15, 0.2) is 17.3 Å². The Morgan fingerprint density at radius 3 is 2.26 bits per heavy atom. The normalized spacial score (nSPS) is 10.2. The second-order valence-electron chi connectivity index (χ2n) is 5.31. The SMILES string of the molecule is COc1cc(Nc2nncc(Nc3ccccc3Cl)n2)cc(OC)c1OC. The highest BCUT2D eigenvalue weighted by atomic mass is 35.5. The van der Waals surface area contributed by atoms with Gasteiger partial charge in [-0.2, -0.15) is 10.1 Å². The molecule has 3 aromatic rings. The summed E-state index contributed by atoms with van der Waals surface area (Å²) in [6, 6.07) is 10.9. The van der Waals surface area contributed by atoms with Crippen molar-refractivity contribution in [1.29, 1.82) is 0 Å². The zero-order valence-electron chi connectivity index (χ0n) is 15.0. The summed E-state index contributed by atoms with van der Waals surface area (Å²) in [5.74, 6) is 2.31. The number of hydrogen-bond acceptors (Lipinski definition) is 8. The van der Waals surface area contributed by atoms with Crippen molar-refractivity contribution < 1.29 is 14.2 Å². The third kappa shape index (κ3) is 4.29. The van der Waals surface area contributed by atoms with Crippen LogP contribution in [0.3, 0.4) is 0 Å². The number of hydrogen-bond donors (Lipinski definition) is 2. The van der Waals surface area contributed by atoms with E-state index in [4.69, 9.17) is 25.8 Å². The Morgan fingerprint density at radius 2 is 1.63 bits per heavy atom. The monoisotopic (exact) mass is 387 g/mol. The van der Waals surface area contributed by atoms with Crippen molar-refractivity contribution in [2.45, 2.75) is 0 Å². The molecule has 0 amide bonds. The van der Waals surface area contributed by atoms with Gasteiger partial charge in [-0.05, 0) is 12.1 Å². The van der Waals surface area contributed by atoms with E-state index in [2.05, 4.69) is 25.8 Å². The molecular formula is C18H18ClN5O3. The second kappa shape index (κ2) is 8.41. The molecule has 0 fully saturated rings. The van der Waals surface area contributed by atoms with Crippen LogP contribution >= 0.6 is 11.6 Å². The standard InChI is InChI=1S/C18H18ClN5O3/c1-25-14-8-11(9-15(26-2)17(14)27-3)21-18-23-16(10-20-24-18)22-13-7-5-4-6-12(13)19/h4-10H,1-3H3,(H2,21,22,23,24). The van der Waals surface area contributed by atoms with Crippen LogP contribution in [0.5, 0.6) is 17.2 Å². The maximum Gasteiger partial charge on any atom is 0.249 e. The van der Waals surface area contributed by atoms with E-state index in [0.717, 1.165) is 5.69 Å². The Balaban J connectivity index is 1.85. The van der Waals surface area contributed by atoms with E-state index in [9.17, 15) is 0 Å². The molecule has 3 rings (SSSR count). The molecule has 0 saturated carbocycles. The average molecular weight is 388 g/mol. The third-order valence-electron chi connectivity index (χ3n) is 3.62. The average Bonchev–Trinajstić information content (AvgIpc) is 2.69. The van der Waals surface area contributed by atoms with E-state index < -0.39 is 0 Å². The number of aromatic nitrogens is 3. The number of benzene rings is 2. The Kier molecular flexibility index (Phi) is 5.77. The molecule has 8 nitrogen and oxygen atoms in total. The predicted molar refractivity (Wildman–Crippen MR) is 104 cm³/mol. The van der Waals surface area contributed by atoms with E-state index in [0.29, 0.717) is 39.7 Å². The molecular weight excluding hydrogens is 370 g/mol. The van der Waals surface area contributed by atoms with Gasteiger partial charge in [-0.25, -0.2) is 0 Å². The topological polar surface area (TPSA) is 90.4 Å². The van der Waals surface area contributed by atoms with Crippen molar-refractivity contribution in [2.75, 3.05) is 32.0 Å². The summed E-state index contributed by atoms with van der Waals surface area (Å²) in [5, 5.41) is 14.7. The maximum absolute atomic E-state index is 6.16. The first kappa shape index (κ1) is 18.5. The van der Waals surface area contributed by atoms with Crippen molar-refractivity contribution in [3.8, 4) is 17.2 Å². The number of nitrogens with one attached hydrogen (secondary N) is 2. The first-order valence-electron chi connectivity index (χ1n) is 7.93. The Bertz CT molecular complexity index is 913. The molecule has 2 N–H and O–H groups in total. The quantitative estimate of drug-likeness (QED) is 0.627. The molecule has 0 bridgehead atoms. The van der Waals surface area contributed by atoms with Crippen molar-refractivity contribution >= 4 is 34.7 Å². The molecule has 1 aromatic heterocycles. The van der Waals surface area contributed by atoms with Crippen LogP contribution in [0.2, 0.25) is 5.02 Å².